The van der Waals surface area contributed by atoms with Crippen LogP contribution in [0.3, 0.4) is 0 Å². The van der Waals surface area contributed by atoms with Crippen molar-refractivity contribution in [3.8, 4) is 0 Å². The molecule has 0 aromatic heterocycles. The number of carbonyl (C=O) groups is 1. The van der Waals surface area contributed by atoms with Gasteiger partial charge in [-0.05, 0) is 31.5 Å². The predicted molar refractivity (Wildman–Crippen MR) is 84.2 cm³/mol. The van der Waals surface area contributed by atoms with E-state index in [-0.39, 0.29) is 11.5 Å². The second-order valence-corrected chi connectivity index (χ2v) is 6.96. The quantitative estimate of drug-likeness (QED) is 0.855. The van der Waals surface area contributed by atoms with Crippen LogP contribution >= 0.6 is 23.4 Å². The molecule has 0 radical (unpaired) electrons. The lowest BCUT2D eigenvalue weighted by atomic mass is 10.1. The average Bonchev–Trinajstić information content (AvgIpc) is 2.40. The Hall–Kier alpha value is -0.710. The molecule has 110 valence electrons. The highest BCUT2D eigenvalue weighted by molar-refractivity contribution is 7.99. The van der Waals surface area contributed by atoms with Gasteiger partial charge in [-0.2, -0.15) is 0 Å². The van der Waals surface area contributed by atoms with Crippen molar-refractivity contribution in [3.05, 3.63) is 34.9 Å². The van der Waals surface area contributed by atoms with Gasteiger partial charge in [0.1, 0.15) is 0 Å². The molecule has 0 atom stereocenters. The topological polar surface area (TPSA) is 29.5 Å². The van der Waals surface area contributed by atoms with E-state index >= 15 is 0 Å². The molecule has 1 aliphatic rings. The standard InChI is InChI=1S/C15H20ClNO2S/c1-15(2)11-17(7-8-19-15)14(18)10-20-9-12-3-5-13(16)6-4-12/h3-6H,7-11H2,1-2H3. The van der Waals surface area contributed by atoms with E-state index in [4.69, 9.17) is 16.3 Å². The number of carbonyl (C=O) groups excluding carboxylic acids is 1. The molecule has 1 amide bonds. The van der Waals surface area contributed by atoms with Crippen molar-refractivity contribution in [2.75, 3.05) is 25.4 Å². The van der Waals surface area contributed by atoms with Crippen LogP contribution in [0.25, 0.3) is 0 Å². The molecule has 0 spiro atoms. The van der Waals surface area contributed by atoms with Gasteiger partial charge in [-0.25, -0.2) is 0 Å². The van der Waals surface area contributed by atoms with E-state index in [0.717, 1.165) is 10.8 Å². The monoisotopic (exact) mass is 313 g/mol. The first-order chi connectivity index (χ1) is 9.46. The van der Waals surface area contributed by atoms with Crippen molar-refractivity contribution in [3.63, 3.8) is 0 Å². The Bertz CT molecular complexity index is 461. The number of hydrogen-bond donors (Lipinski definition) is 0. The van der Waals surface area contributed by atoms with E-state index in [2.05, 4.69) is 0 Å². The summed E-state index contributed by atoms with van der Waals surface area (Å²) in [6, 6.07) is 7.75. The Morgan fingerprint density at radius 1 is 1.40 bits per heavy atom. The van der Waals surface area contributed by atoms with Crippen LogP contribution in [0.1, 0.15) is 19.4 Å². The third-order valence-corrected chi connectivity index (χ3v) is 4.43. The van der Waals surface area contributed by atoms with E-state index < -0.39 is 0 Å². The van der Waals surface area contributed by atoms with Gasteiger partial charge in [0.05, 0.1) is 18.0 Å². The van der Waals surface area contributed by atoms with Crippen LogP contribution in [0.15, 0.2) is 24.3 Å². The zero-order chi connectivity index (χ0) is 14.6. The Kier molecular flexibility index (Phi) is 5.35. The van der Waals surface area contributed by atoms with Gasteiger partial charge in [-0.1, -0.05) is 23.7 Å². The maximum absolute atomic E-state index is 12.2. The highest BCUT2D eigenvalue weighted by Crippen LogP contribution is 2.19. The molecule has 0 unspecified atom stereocenters. The van der Waals surface area contributed by atoms with Gasteiger partial charge in [-0.3, -0.25) is 4.79 Å². The summed E-state index contributed by atoms with van der Waals surface area (Å²) < 4.78 is 5.62. The normalized spacial score (nSPS) is 18.1. The minimum absolute atomic E-state index is 0.195. The molecule has 2 rings (SSSR count). The van der Waals surface area contributed by atoms with Crippen LogP contribution < -0.4 is 0 Å². The van der Waals surface area contributed by atoms with Gasteiger partial charge in [0.25, 0.3) is 0 Å². The third-order valence-electron chi connectivity index (χ3n) is 3.19. The third kappa shape index (κ3) is 4.69. The maximum atomic E-state index is 12.2. The van der Waals surface area contributed by atoms with E-state index in [0.29, 0.717) is 25.4 Å². The lowest BCUT2D eigenvalue weighted by Crippen LogP contribution is -2.51. The van der Waals surface area contributed by atoms with Crippen molar-refractivity contribution in [2.45, 2.75) is 25.2 Å². The molecule has 1 heterocycles. The van der Waals surface area contributed by atoms with Gasteiger partial charge < -0.3 is 9.64 Å². The van der Waals surface area contributed by atoms with Crippen LogP contribution in [0, 0.1) is 0 Å². The average molecular weight is 314 g/mol. The van der Waals surface area contributed by atoms with Crippen LogP contribution in [0.4, 0.5) is 0 Å². The zero-order valence-electron chi connectivity index (χ0n) is 11.9. The molecule has 1 saturated heterocycles. The molecule has 0 aliphatic carbocycles. The van der Waals surface area contributed by atoms with Crippen LogP contribution in [0.2, 0.25) is 5.02 Å². The van der Waals surface area contributed by atoms with Crippen molar-refractivity contribution < 1.29 is 9.53 Å². The second kappa shape index (κ2) is 6.83. The lowest BCUT2D eigenvalue weighted by Gasteiger charge is -2.38. The summed E-state index contributed by atoms with van der Waals surface area (Å²) in [6.07, 6.45) is 0. The van der Waals surface area contributed by atoms with Crippen molar-refractivity contribution in [2.24, 2.45) is 0 Å². The van der Waals surface area contributed by atoms with Crippen LogP contribution in [-0.2, 0) is 15.3 Å². The van der Waals surface area contributed by atoms with Gasteiger partial charge in [-0.15, -0.1) is 11.8 Å². The zero-order valence-corrected chi connectivity index (χ0v) is 13.5. The number of morpholine rings is 1. The van der Waals surface area contributed by atoms with Gasteiger partial charge >= 0.3 is 0 Å². The van der Waals surface area contributed by atoms with Gasteiger partial charge in [0.2, 0.25) is 5.91 Å². The van der Waals surface area contributed by atoms with E-state index in [1.807, 2.05) is 43.0 Å². The van der Waals surface area contributed by atoms with Crippen LogP contribution in [-0.4, -0.2) is 41.9 Å². The molecule has 1 aliphatic heterocycles. The highest BCUT2D eigenvalue weighted by atomic mass is 35.5. The fraction of sp³-hybridized carbons (Fsp3) is 0.533. The molecule has 1 aromatic carbocycles. The molecule has 20 heavy (non-hydrogen) atoms. The number of amides is 1. The first kappa shape index (κ1) is 15.7. The van der Waals surface area contributed by atoms with Crippen LogP contribution in [0.5, 0.6) is 0 Å². The van der Waals surface area contributed by atoms with E-state index in [1.165, 1.54) is 5.56 Å². The molecule has 0 bridgehead atoms. The molecule has 1 fully saturated rings. The summed E-state index contributed by atoms with van der Waals surface area (Å²) >= 11 is 7.48. The first-order valence-electron chi connectivity index (χ1n) is 6.70. The van der Waals surface area contributed by atoms with Gasteiger partial charge in [0.15, 0.2) is 0 Å². The fourth-order valence-electron chi connectivity index (χ4n) is 2.16. The SMILES string of the molecule is CC1(C)CN(C(=O)CSCc2ccc(Cl)cc2)CCO1. The highest BCUT2D eigenvalue weighted by Gasteiger charge is 2.29. The summed E-state index contributed by atoms with van der Waals surface area (Å²) in [5.74, 6) is 1.54. The molecule has 3 nitrogen and oxygen atoms in total. The molecule has 5 heteroatoms. The Labute approximate surface area is 129 Å². The maximum Gasteiger partial charge on any atom is 0.232 e. The second-order valence-electron chi connectivity index (χ2n) is 5.54. The van der Waals surface area contributed by atoms with Gasteiger partial charge in [0, 0.05) is 23.9 Å². The number of ether oxygens (including phenoxy) is 1. The van der Waals surface area contributed by atoms with Crippen molar-refractivity contribution in [1.29, 1.82) is 0 Å². The number of nitrogens with zero attached hydrogens (tertiary/aromatic N) is 1. The Balaban J connectivity index is 1.76. The molecule has 0 saturated carbocycles. The minimum Gasteiger partial charge on any atom is -0.372 e. The number of benzene rings is 1. The molecule has 1 aromatic rings. The minimum atomic E-state index is -0.227. The van der Waals surface area contributed by atoms with E-state index in [1.54, 1.807) is 11.8 Å². The number of thioether (sulfide) groups is 1. The van der Waals surface area contributed by atoms with Crippen molar-refractivity contribution >= 4 is 29.3 Å². The summed E-state index contributed by atoms with van der Waals surface area (Å²) in [4.78, 5) is 14.1. The van der Waals surface area contributed by atoms with Crippen molar-refractivity contribution in [1.82, 2.24) is 4.90 Å². The largest absolute Gasteiger partial charge is 0.372 e. The Morgan fingerprint density at radius 3 is 2.75 bits per heavy atom. The predicted octanol–water partition coefficient (Wildman–Crippen LogP) is 3.21. The number of rotatable bonds is 4. The fourth-order valence-corrected chi connectivity index (χ4v) is 3.17. The summed E-state index contributed by atoms with van der Waals surface area (Å²) in [5.41, 5.74) is 0.962. The number of hydrogen-bond acceptors (Lipinski definition) is 3. The molecule has 0 N–H and O–H groups in total. The number of halogens is 1. The smallest absolute Gasteiger partial charge is 0.232 e. The molecular formula is C15H20ClNO2S. The first-order valence-corrected chi connectivity index (χ1v) is 8.23. The Morgan fingerprint density at radius 2 is 2.10 bits per heavy atom. The molecular weight excluding hydrogens is 294 g/mol. The summed E-state index contributed by atoms with van der Waals surface area (Å²) in [6.45, 7) is 6.04. The van der Waals surface area contributed by atoms with E-state index in [9.17, 15) is 4.79 Å². The summed E-state index contributed by atoms with van der Waals surface area (Å²) in [7, 11) is 0. The summed E-state index contributed by atoms with van der Waals surface area (Å²) in [5, 5.41) is 0.741. The lowest BCUT2D eigenvalue weighted by molar-refractivity contribution is -0.143.